The zero-order valence-electron chi connectivity index (χ0n) is 15.8. The molecule has 0 saturated carbocycles. The normalized spacial score (nSPS) is 11.4. The van der Waals surface area contributed by atoms with Gasteiger partial charge in [0.05, 0.1) is 23.0 Å². The third-order valence-corrected chi connectivity index (χ3v) is 6.51. The van der Waals surface area contributed by atoms with Crippen LogP contribution in [0.5, 0.6) is 0 Å². The van der Waals surface area contributed by atoms with Gasteiger partial charge in [0.1, 0.15) is 16.4 Å². The van der Waals surface area contributed by atoms with E-state index in [1.165, 1.54) is 27.8 Å². The number of benzene rings is 1. The minimum atomic E-state index is -0.153. The van der Waals surface area contributed by atoms with E-state index >= 15 is 0 Å². The molecule has 0 aliphatic heterocycles. The molecule has 1 aromatic carbocycles. The monoisotopic (exact) mass is 436 g/mol. The fraction of sp³-hybridized carbons (Fsp3) is 0.100. The van der Waals surface area contributed by atoms with Gasteiger partial charge in [0.15, 0.2) is 5.82 Å². The van der Waals surface area contributed by atoms with E-state index in [1.54, 1.807) is 12.3 Å². The van der Waals surface area contributed by atoms with E-state index in [9.17, 15) is 4.79 Å². The number of furan rings is 1. The number of nitrogens with zero attached hydrogens (tertiary/aromatic N) is 4. The number of thiophene rings is 1. The predicted molar refractivity (Wildman–Crippen MR) is 118 cm³/mol. The first-order chi connectivity index (χ1) is 14.6. The van der Waals surface area contributed by atoms with E-state index in [2.05, 4.69) is 20.2 Å². The van der Waals surface area contributed by atoms with Crippen LogP contribution in [0.2, 0.25) is 0 Å². The van der Waals surface area contributed by atoms with Crippen LogP contribution in [0.4, 0.5) is 0 Å². The lowest BCUT2D eigenvalue weighted by molar-refractivity contribution is 0.535. The van der Waals surface area contributed by atoms with E-state index < -0.39 is 0 Å². The van der Waals surface area contributed by atoms with Gasteiger partial charge in [0.2, 0.25) is 5.16 Å². The van der Waals surface area contributed by atoms with Crippen LogP contribution in [0.15, 0.2) is 62.4 Å². The second kappa shape index (κ2) is 7.47. The molecule has 0 bridgehead atoms. The van der Waals surface area contributed by atoms with Crippen LogP contribution in [-0.4, -0.2) is 24.8 Å². The van der Waals surface area contributed by atoms with Gasteiger partial charge >= 0.3 is 0 Å². The summed E-state index contributed by atoms with van der Waals surface area (Å²) in [6.45, 7) is 1.84. The minimum Gasteiger partial charge on any atom is -0.469 e. The second-order valence-electron chi connectivity index (χ2n) is 6.56. The lowest BCUT2D eigenvalue weighted by Crippen LogP contribution is -2.13. The average molecular weight is 437 g/mol. The number of H-pyrrole nitrogens is 1. The van der Waals surface area contributed by atoms with Crippen molar-refractivity contribution < 1.29 is 4.42 Å². The van der Waals surface area contributed by atoms with Crippen molar-refractivity contribution in [3.8, 4) is 22.5 Å². The topological polar surface area (TPSA) is 116 Å². The Labute approximate surface area is 178 Å². The van der Waals surface area contributed by atoms with Gasteiger partial charge in [-0.3, -0.25) is 4.79 Å². The summed E-state index contributed by atoms with van der Waals surface area (Å²) < 4.78 is 6.72. The second-order valence-corrected chi connectivity index (χ2v) is 8.36. The summed E-state index contributed by atoms with van der Waals surface area (Å²) in [6.07, 6.45) is 1.58. The van der Waals surface area contributed by atoms with Crippen LogP contribution in [-0.2, 0) is 5.75 Å². The lowest BCUT2D eigenvalue weighted by atomic mass is 10.1. The van der Waals surface area contributed by atoms with Crippen molar-refractivity contribution in [2.75, 3.05) is 5.84 Å². The Hall–Kier alpha value is -3.37. The van der Waals surface area contributed by atoms with Crippen molar-refractivity contribution in [3.05, 3.63) is 70.0 Å². The highest BCUT2D eigenvalue weighted by atomic mass is 32.2. The molecular formula is C20H16N6O2S2. The summed E-state index contributed by atoms with van der Waals surface area (Å²) >= 11 is 2.81. The Morgan fingerprint density at radius 2 is 2.03 bits per heavy atom. The standard InChI is InChI=1S/C20H16N6O2S2/c1-11-13(7-8-28-11)17-24-25-20(26(17)21)30-10-15-22-18(27)16-14(9-29-19(16)23-15)12-5-3-2-4-6-12/h2-9H,10,21H2,1H3,(H,22,23,27). The highest BCUT2D eigenvalue weighted by Crippen LogP contribution is 2.31. The van der Waals surface area contributed by atoms with E-state index in [-0.39, 0.29) is 5.56 Å². The molecular weight excluding hydrogens is 420 g/mol. The summed E-state index contributed by atoms with van der Waals surface area (Å²) in [5.74, 6) is 8.36. The summed E-state index contributed by atoms with van der Waals surface area (Å²) in [5, 5.41) is 11.4. The number of aromatic amines is 1. The molecule has 0 atom stereocenters. The van der Waals surface area contributed by atoms with Gasteiger partial charge in [-0.1, -0.05) is 42.1 Å². The molecule has 4 heterocycles. The average Bonchev–Trinajstić information content (AvgIpc) is 3.46. The highest BCUT2D eigenvalue weighted by molar-refractivity contribution is 7.98. The molecule has 3 N–H and O–H groups in total. The number of fused-ring (bicyclic) bond motifs is 1. The number of nitrogen functional groups attached to an aromatic ring is 1. The van der Waals surface area contributed by atoms with E-state index in [4.69, 9.17) is 10.3 Å². The molecule has 0 fully saturated rings. The van der Waals surface area contributed by atoms with Gasteiger partial charge in [0, 0.05) is 10.9 Å². The van der Waals surface area contributed by atoms with Crippen LogP contribution in [0, 0.1) is 6.92 Å². The van der Waals surface area contributed by atoms with Crippen molar-refractivity contribution in [1.82, 2.24) is 24.8 Å². The van der Waals surface area contributed by atoms with Crippen molar-refractivity contribution in [3.63, 3.8) is 0 Å². The number of nitrogens with two attached hydrogens (primary N) is 1. The van der Waals surface area contributed by atoms with Crippen LogP contribution in [0.1, 0.15) is 11.6 Å². The molecule has 0 spiro atoms. The van der Waals surface area contributed by atoms with Gasteiger partial charge < -0.3 is 15.2 Å². The Balaban J connectivity index is 1.42. The first kappa shape index (κ1) is 18.6. The zero-order chi connectivity index (χ0) is 20.7. The van der Waals surface area contributed by atoms with E-state index in [0.717, 1.165) is 16.7 Å². The number of nitrogens with one attached hydrogen (secondary N) is 1. The molecule has 8 nitrogen and oxygen atoms in total. The van der Waals surface area contributed by atoms with Gasteiger partial charge in [-0.05, 0) is 18.6 Å². The Bertz CT molecular complexity index is 1400. The third kappa shape index (κ3) is 3.19. The molecule has 0 aliphatic carbocycles. The minimum absolute atomic E-state index is 0.153. The summed E-state index contributed by atoms with van der Waals surface area (Å²) in [7, 11) is 0. The van der Waals surface area contributed by atoms with Gasteiger partial charge in [-0.15, -0.1) is 21.5 Å². The lowest BCUT2D eigenvalue weighted by Gasteiger charge is -2.04. The summed E-state index contributed by atoms with van der Waals surface area (Å²) in [5.41, 5.74) is 2.53. The molecule has 5 aromatic rings. The van der Waals surface area contributed by atoms with Crippen molar-refractivity contribution in [2.45, 2.75) is 17.8 Å². The Morgan fingerprint density at radius 1 is 1.20 bits per heavy atom. The molecule has 0 amide bonds. The van der Waals surface area contributed by atoms with Crippen LogP contribution >= 0.6 is 23.1 Å². The molecule has 0 unspecified atom stereocenters. The third-order valence-electron chi connectivity index (χ3n) is 4.68. The molecule has 5 rings (SSSR count). The quantitative estimate of drug-likeness (QED) is 0.318. The largest absolute Gasteiger partial charge is 0.469 e. The first-order valence-corrected chi connectivity index (χ1v) is 10.9. The van der Waals surface area contributed by atoms with Crippen LogP contribution in [0.3, 0.4) is 0 Å². The fourth-order valence-corrected chi connectivity index (χ4v) is 4.89. The smallest absolute Gasteiger partial charge is 0.260 e. The Morgan fingerprint density at radius 3 is 2.80 bits per heavy atom. The van der Waals surface area contributed by atoms with Gasteiger partial charge in [0.25, 0.3) is 5.56 Å². The molecule has 0 saturated heterocycles. The molecule has 4 aromatic heterocycles. The number of thioether (sulfide) groups is 1. The molecule has 150 valence electrons. The number of hydrogen-bond donors (Lipinski definition) is 2. The number of aromatic nitrogens is 5. The van der Waals surface area contributed by atoms with Gasteiger partial charge in [-0.25, -0.2) is 9.66 Å². The molecule has 10 heteroatoms. The SMILES string of the molecule is Cc1occc1-c1nnc(SCc2nc3scc(-c4ccccc4)c3c(=O)[nH]2)n1N. The van der Waals surface area contributed by atoms with Crippen LogP contribution < -0.4 is 11.4 Å². The molecule has 0 aliphatic rings. The van der Waals surface area contributed by atoms with Crippen LogP contribution in [0.25, 0.3) is 32.7 Å². The zero-order valence-corrected chi connectivity index (χ0v) is 17.5. The summed E-state index contributed by atoms with van der Waals surface area (Å²) in [6, 6.07) is 11.6. The maximum absolute atomic E-state index is 12.8. The molecule has 0 radical (unpaired) electrons. The van der Waals surface area contributed by atoms with E-state index in [0.29, 0.717) is 38.5 Å². The fourth-order valence-electron chi connectivity index (χ4n) is 3.20. The maximum atomic E-state index is 12.8. The Kier molecular flexibility index (Phi) is 4.64. The maximum Gasteiger partial charge on any atom is 0.260 e. The molecule has 30 heavy (non-hydrogen) atoms. The van der Waals surface area contributed by atoms with E-state index in [1.807, 2.05) is 42.6 Å². The highest BCUT2D eigenvalue weighted by Gasteiger charge is 2.17. The van der Waals surface area contributed by atoms with Crippen molar-refractivity contribution in [1.29, 1.82) is 0 Å². The van der Waals surface area contributed by atoms with Crippen molar-refractivity contribution in [2.24, 2.45) is 0 Å². The first-order valence-electron chi connectivity index (χ1n) is 9.05. The van der Waals surface area contributed by atoms with Gasteiger partial charge in [-0.2, -0.15) is 0 Å². The predicted octanol–water partition coefficient (Wildman–Crippen LogP) is 3.82. The number of rotatable bonds is 5. The number of aryl methyl sites for hydroxylation is 1. The number of hydrogen-bond acceptors (Lipinski definition) is 8. The van der Waals surface area contributed by atoms with Crippen molar-refractivity contribution >= 4 is 33.3 Å². The summed E-state index contributed by atoms with van der Waals surface area (Å²) in [4.78, 5) is 21.0.